The van der Waals surface area contributed by atoms with Crippen molar-refractivity contribution in [3.63, 3.8) is 0 Å². The molecular formula is C17H14N3O+. The molecule has 0 saturated heterocycles. The van der Waals surface area contributed by atoms with Crippen LogP contribution in [0, 0.1) is 6.92 Å². The topological polar surface area (TPSA) is 42.8 Å². The van der Waals surface area contributed by atoms with Gasteiger partial charge in [-0.25, -0.2) is 9.55 Å². The number of oxazole rings is 1. The number of aromatic nitrogens is 3. The van der Waals surface area contributed by atoms with Crippen LogP contribution in [0.5, 0.6) is 0 Å². The molecule has 0 aliphatic rings. The third-order valence-corrected chi connectivity index (χ3v) is 3.67. The van der Waals surface area contributed by atoms with Crippen LogP contribution < -0.4 is 4.57 Å². The molecule has 4 heteroatoms. The highest BCUT2D eigenvalue weighted by atomic mass is 16.3. The number of pyridine rings is 2. The molecule has 3 heterocycles. The third kappa shape index (κ3) is 1.88. The van der Waals surface area contributed by atoms with Crippen LogP contribution in [0.4, 0.5) is 0 Å². The molecule has 102 valence electrons. The Bertz CT molecular complexity index is 972. The molecule has 0 aliphatic carbocycles. The van der Waals surface area contributed by atoms with Gasteiger partial charge >= 0.3 is 11.5 Å². The highest BCUT2D eigenvalue weighted by Gasteiger charge is 2.20. The van der Waals surface area contributed by atoms with Crippen molar-refractivity contribution in [1.29, 1.82) is 0 Å². The minimum absolute atomic E-state index is 0.556. The summed E-state index contributed by atoms with van der Waals surface area (Å²) in [4.78, 5) is 9.23. The number of aryl methyl sites for hydroxylation is 2. The first kappa shape index (κ1) is 12.0. The number of benzene rings is 1. The second-order valence-electron chi connectivity index (χ2n) is 5.17. The van der Waals surface area contributed by atoms with Crippen LogP contribution in [0.3, 0.4) is 0 Å². The van der Waals surface area contributed by atoms with Crippen molar-refractivity contribution < 1.29 is 8.98 Å². The Labute approximate surface area is 121 Å². The lowest BCUT2D eigenvalue weighted by Gasteiger charge is -2.02. The van der Waals surface area contributed by atoms with Gasteiger partial charge in [0, 0.05) is 10.4 Å². The molecule has 1 aromatic carbocycles. The lowest BCUT2D eigenvalue weighted by atomic mass is 10.1. The Morgan fingerprint density at radius 2 is 1.90 bits per heavy atom. The molecule has 0 N–H and O–H groups in total. The van der Waals surface area contributed by atoms with Crippen molar-refractivity contribution in [2.24, 2.45) is 7.05 Å². The number of hydrogen-bond acceptors (Lipinski definition) is 3. The van der Waals surface area contributed by atoms with Gasteiger partial charge in [0.2, 0.25) is 5.58 Å². The predicted molar refractivity (Wildman–Crippen MR) is 80.7 cm³/mol. The summed E-state index contributed by atoms with van der Waals surface area (Å²) in [6.07, 6.45) is 1.95. The van der Waals surface area contributed by atoms with Crippen molar-refractivity contribution in [3.05, 3.63) is 54.2 Å². The van der Waals surface area contributed by atoms with Gasteiger partial charge in [0.05, 0.1) is 18.8 Å². The van der Waals surface area contributed by atoms with Crippen LogP contribution in [0.25, 0.3) is 33.7 Å². The summed E-state index contributed by atoms with van der Waals surface area (Å²) in [7, 11) is 1.95. The first-order valence-corrected chi connectivity index (χ1v) is 6.84. The maximum atomic E-state index is 5.84. The number of hydrogen-bond donors (Lipinski definition) is 0. The lowest BCUT2D eigenvalue weighted by Crippen LogP contribution is -2.27. The molecule has 0 bridgehead atoms. The zero-order valence-electron chi connectivity index (χ0n) is 11.9. The highest BCUT2D eigenvalue weighted by molar-refractivity contribution is 5.84. The molecule has 4 rings (SSSR count). The number of para-hydroxylation sites is 1. The van der Waals surface area contributed by atoms with Crippen LogP contribution in [0.2, 0.25) is 0 Å². The van der Waals surface area contributed by atoms with E-state index in [0.717, 1.165) is 27.8 Å². The lowest BCUT2D eigenvalue weighted by molar-refractivity contribution is -0.646. The Morgan fingerprint density at radius 3 is 2.76 bits per heavy atom. The molecule has 0 fully saturated rings. The van der Waals surface area contributed by atoms with E-state index in [1.54, 1.807) is 0 Å². The molecular weight excluding hydrogens is 262 g/mol. The Balaban J connectivity index is 1.97. The van der Waals surface area contributed by atoms with Gasteiger partial charge in [-0.1, -0.05) is 18.2 Å². The first-order valence-electron chi connectivity index (χ1n) is 6.84. The summed E-state index contributed by atoms with van der Waals surface area (Å²) in [5, 5.41) is 1.16. The molecule has 21 heavy (non-hydrogen) atoms. The average molecular weight is 276 g/mol. The van der Waals surface area contributed by atoms with Crippen LogP contribution in [-0.2, 0) is 7.05 Å². The molecule has 0 radical (unpaired) electrons. The van der Waals surface area contributed by atoms with E-state index in [9.17, 15) is 0 Å². The fourth-order valence-electron chi connectivity index (χ4n) is 2.58. The monoisotopic (exact) mass is 276 g/mol. The van der Waals surface area contributed by atoms with Crippen molar-refractivity contribution >= 4 is 22.1 Å². The molecule has 4 nitrogen and oxygen atoms in total. The van der Waals surface area contributed by atoms with Gasteiger partial charge in [-0.2, -0.15) is 0 Å². The molecule has 0 aliphatic heterocycles. The minimum atomic E-state index is 0.556. The van der Waals surface area contributed by atoms with Crippen molar-refractivity contribution in [1.82, 2.24) is 9.97 Å². The predicted octanol–water partition coefficient (Wildman–Crippen LogP) is 3.18. The van der Waals surface area contributed by atoms with Crippen molar-refractivity contribution in [2.45, 2.75) is 6.92 Å². The van der Waals surface area contributed by atoms with E-state index in [0.29, 0.717) is 5.89 Å². The highest BCUT2D eigenvalue weighted by Crippen LogP contribution is 2.25. The molecule has 0 atom stereocenters. The standard InChI is InChI=1S/C17H14N3O/c1-11-10-14(18-13-7-4-3-6-12(11)13)17-19-16-15(21-17)8-5-9-20(16)2/h3-10H,1-2H3/q+1. The second-order valence-corrected chi connectivity index (χ2v) is 5.17. The number of nitrogens with zero attached hydrogens (tertiary/aromatic N) is 3. The van der Waals surface area contributed by atoms with E-state index >= 15 is 0 Å². The number of rotatable bonds is 1. The van der Waals surface area contributed by atoms with Crippen LogP contribution in [0.15, 0.2) is 53.1 Å². The summed E-state index contributed by atoms with van der Waals surface area (Å²) in [6.45, 7) is 2.08. The zero-order chi connectivity index (χ0) is 14.4. The van der Waals surface area contributed by atoms with E-state index in [1.807, 2.05) is 54.2 Å². The van der Waals surface area contributed by atoms with Crippen molar-refractivity contribution in [3.8, 4) is 11.6 Å². The molecule has 0 saturated carbocycles. The smallest absolute Gasteiger partial charge is 0.370 e. The fraction of sp³-hybridized carbons (Fsp3) is 0.118. The van der Waals surface area contributed by atoms with Gasteiger partial charge in [-0.3, -0.25) is 0 Å². The minimum Gasteiger partial charge on any atom is -0.410 e. The van der Waals surface area contributed by atoms with E-state index < -0.39 is 0 Å². The fourth-order valence-corrected chi connectivity index (χ4v) is 2.58. The van der Waals surface area contributed by atoms with E-state index in [2.05, 4.69) is 23.0 Å². The first-order chi connectivity index (χ1) is 10.2. The SMILES string of the molecule is Cc1cc(-c2nc3c(ccc[n+]3C)o2)nc2ccccc12. The maximum absolute atomic E-state index is 5.84. The summed E-state index contributed by atoms with van der Waals surface area (Å²) in [5.41, 5.74) is 4.48. The molecule has 0 amide bonds. The average Bonchev–Trinajstić information content (AvgIpc) is 2.93. The maximum Gasteiger partial charge on any atom is 0.370 e. The molecule has 4 aromatic rings. The van der Waals surface area contributed by atoms with Gasteiger partial charge < -0.3 is 4.42 Å². The summed E-state index contributed by atoms with van der Waals surface area (Å²) in [6, 6.07) is 14.0. The molecule has 0 unspecified atom stereocenters. The van der Waals surface area contributed by atoms with Crippen LogP contribution >= 0.6 is 0 Å². The Hall–Kier alpha value is -2.75. The summed E-state index contributed by atoms with van der Waals surface area (Å²) < 4.78 is 7.79. The third-order valence-electron chi connectivity index (χ3n) is 3.67. The van der Waals surface area contributed by atoms with Gasteiger partial charge in [0.1, 0.15) is 0 Å². The van der Waals surface area contributed by atoms with E-state index in [1.165, 1.54) is 5.56 Å². The summed E-state index contributed by atoms with van der Waals surface area (Å²) in [5.74, 6) is 0.556. The van der Waals surface area contributed by atoms with E-state index in [-0.39, 0.29) is 0 Å². The van der Waals surface area contributed by atoms with Gasteiger partial charge in [-0.05, 0) is 36.8 Å². The zero-order valence-corrected chi connectivity index (χ0v) is 11.9. The van der Waals surface area contributed by atoms with Gasteiger partial charge in [0.25, 0.3) is 0 Å². The number of fused-ring (bicyclic) bond motifs is 2. The van der Waals surface area contributed by atoms with Crippen LogP contribution in [0.1, 0.15) is 5.56 Å². The quantitative estimate of drug-likeness (QED) is 0.501. The van der Waals surface area contributed by atoms with Gasteiger partial charge in [0.15, 0.2) is 5.69 Å². The largest absolute Gasteiger partial charge is 0.410 e. The second kappa shape index (κ2) is 4.38. The Kier molecular flexibility index (Phi) is 2.51. The van der Waals surface area contributed by atoms with Crippen molar-refractivity contribution in [2.75, 3.05) is 0 Å². The normalized spacial score (nSPS) is 11.3. The molecule has 0 spiro atoms. The Morgan fingerprint density at radius 1 is 1.05 bits per heavy atom. The van der Waals surface area contributed by atoms with Gasteiger partial charge in [-0.15, -0.1) is 0 Å². The summed E-state index contributed by atoms with van der Waals surface area (Å²) >= 11 is 0. The van der Waals surface area contributed by atoms with Crippen LogP contribution in [-0.4, -0.2) is 9.97 Å². The molecule has 3 aromatic heterocycles. The van der Waals surface area contributed by atoms with E-state index in [4.69, 9.17) is 4.42 Å².